The van der Waals surface area contributed by atoms with Crippen LogP contribution in [0, 0.1) is 0 Å². The molecule has 64 valence electrons. The zero-order chi connectivity index (χ0) is 8.97. The maximum Gasteiger partial charge on any atom is 0.193 e. The van der Waals surface area contributed by atoms with Crippen molar-refractivity contribution in [2.75, 3.05) is 12.0 Å². The summed E-state index contributed by atoms with van der Waals surface area (Å²) in [6, 6.07) is 5.09. The molecule has 0 fully saturated rings. The normalized spacial score (nSPS) is 12.4. The number of pyridine rings is 1. The fraction of sp³-hybridized carbons (Fsp3) is 0.250. The number of hydrogen-bond donors (Lipinski definition) is 0. The maximum atomic E-state index is 11.2. The summed E-state index contributed by atoms with van der Waals surface area (Å²) in [5, 5.41) is 0. The predicted octanol–water partition coefficient (Wildman–Crippen LogP) is 0.643. The highest BCUT2D eigenvalue weighted by molar-refractivity contribution is 7.85. The number of carbonyl (C=O) groups is 1. The number of rotatable bonds is 3. The van der Waals surface area contributed by atoms with Gasteiger partial charge in [0, 0.05) is 23.3 Å². The van der Waals surface area contributed by atoms with Crippen molar-refractivity contribution in [3.05, 3.63) is 30.1 Å². The molecule has 0 aliphatic carbocycles. The van der Waals surface area contributed by atoms with Crippen LogP contribution in [0.1, 0.15) is 10.5 Å². The minimum atomic E-state index is -1.09. The Morgan fingerprint density at radius 2 is 2.33 bits per heavy atom. The molecule has 0 saturated carbocycles. The molecule has 12 heavy (non-hydrogen) atoms. The van der Waals surface area contributed by atoms with Gasteiger partial charge in [-0.25, -0.2) is 0 Å². The SMILES string of the molecule is C[S@](=O)CC(=O)c1ccccn1. The monoisotopic (exact) mass is 183 g/mol. The highest BCUT2D eigenvalue weighted by atomic mass is 32.2. The molecule has 0 bridgehead atoms. The first-order valence-corrected chi connectivity index (χ1v) is 5.17. The summed E-state index contributed by atoms with van der Waals surface area (Å²) in [6.45, 7) is 0. The summed E-state index contributed by atoms with van der Waals surface area (Å²) in [7, 11) is -1.09. The van der Waals surface area contributed by atoms with Gasteiger partial charge in [0.05, 0.1) is 5.75 Å². The van der Waals surface area contributed by atoms with Gasteiger partial charge < -0.3 is 0 Å². The van der Waals surface area contributed by atoms with E-state index in [9.17, 15) is 9.00 Å². The summed E-state index contributed by atoms with van der Waals surface area (Å²) < 4.78 is 10.7. The van der Waals surface area contributed by atoms with E-state index in [1.165, 1.54) is 6.26 Å². The second-order valence-electron chi connectivity index (χ2n) is 2.36. The average molecular weight is 183 g/mol. The molecule has 0 aliphatic rings. The van der Waals surface area contributed by atoms with Crippen molar-refractivity contribution in [3.63, 3.8) is 0 Å². The van der Waals surface area contributed by atoms with Crippen molar-refractivity contribution in [2.45, 2.75) is 0 Å². The van der Waals surface area contributed by atoms with E-state index in [1.807, 2.05) is 0 Å². The highest BCUT2D eigenvalue weighted by Crippen LogP contribution is 1.95. The van der Waals surface area contributed by atoms with Gasteiger partial charge in [-0.05, 0) is 12.1 Å². The Bertz CT molecular complexity index is 297. The van der Waals surface area contributed by atoms with Crippen LogP contribution < -0.4 is 0 Å². The van der Waals surface area contributed by atoms with Crippen molar-refractivity contribution in [2.24, 2.45) is 0 Å². The average Bonchev–Trinajstić information content (AvgIpc) is 2.05. The first-order chi connectivity index (χ1) is 5.70. The predicted molar refractivity (Wildman–Crippen MR) is 47.5 cm³/mol. The lowest BCUT2D eigenvalue weighted by Gasteiger charge is -1.95. The van der Waals surface area contributed by atoms with Crippen LogP contribution in [0.15, 0.2) is 24.4 Å². The molecule has 0 radical (unpaired) electrons. The number of nitrogens with zero attached hydrogens (tertiary/aromatic N) is 1. The number of carbonyl (C=O) groups excluding carboxylic acids is 1. The molecule has 3 nitrogen and oxygen atoms in total. The van der Waals surface area contributed by atoms with Gasteiger partial charge in [0.1, 0.15) is 5.69 Å². The lowest BCUT2D eigenvalue weighted by molar-refractivity contribution is 0.101. The summed E-state index contributed by atoms with van der Waals surface area (Å²) in [4.78, 5) is 15.0. The minimum Gasteiger partial charge on any atom is -0.291 e. The van der Waals surface area contributed by atoms with Crippen LogP contribution in [0.25, 0.3) is 0 Å². The molecule has 1 aromatic heterocycles. The molecule has 0 N–H and O–H groups in total. The molecule has 0 aromatic carbocycles. The van der Waals surface area contributed by atoms with Gasteiger partial charge in [0.15, 0.2) is 5.78 Å². The van der Waals surface area contributed by atoms with E-state index in [1.54, 1.807) is 24.4 Å². The minimum absolute atomic E-state index is 0.0526. The third-order valence-corrected chi connectivity index (χ3v) is 1.95. The summed E-state index contributed by atoms with van der Waals surface area (Å²) in [6.07, 6.45) is 3.05. The standard InChI is InChI=1S/C8H9NO2S/c1-12(11)6-8(10)7-4-2-3-5-9-7/h2-5H,6H2,1H3/t12-/m0/s1. The zero-order valence-electron chi connectivity index (χ0n) is 6.69. The number of hydrogen-bond acceptors (Lipinski definition) is 3. The Morgan fingerprint density at radius 3 is 2.83 bits per heavy atom. The van der Waals surface area contributed by atoms with Crippen LogP contribution in [0.3, 0.4) is 0 Å². The van der Waals surface area contributed by atoms with E-state index >= 15 is 0 Å². The fourth-order valence-corrected chi connectivity index (χ4v) is 1.30. The smallest absolute Gasteiger partial charge is 0.193 e. The second kappa shape index (κ2) is 4.11. The molecule has 0 aliphatic heterocycles. The Balaban J connectivity index is 2.73. The van der Waals surface area contributed by atoms with E-state index < -0.39 is 10.8 Å². The fourth-order valence-electron chi connectivity index (χ4n) is 0.786. The van der Waals surface area contributed by atoms with Gasteiger partial charge in [0.25, 0.3) is 0 Å². The Labute approximate surface area is 73.3 Å². The summed E-state index contributed by atoms with van der Waals surface area (Å²) >= 11 is 0. The van der Waals surface area contributed by atoms with E-state index in [0.717, 1.165) is 0 Å². The van der Waals surface area contributed by atoms with Crippen LogP contribution in [0.4, 0.5) is 0 Å². The third kappa shape index (κ3) is 2.54. The van der Waals surface area contributed by atoms with Crippen molar-refractivity contribution >= 4 is 16.6 Å². The molecule has 0 unspecified atom stereocenters. The van der Waals surface area contributed by atoms with Crippen molar-refractivity contribution in [1.82, 2.24) is 4.98 Å². The number of aromatic nitrogens is 1. The van der Waals surface area contributed by atoms with Crippen LogP contribution in [0.2, 0.25) is 0 Å². The van der Waals surface area contributed by atoms with Gasteiger partial charge in [-0.1, -0.05) is 6.07 Å². The summed E-state index contributed by atoms with van der Waals surface area (Å²) in [5.41, 5.74) is 0.382. The quantitative estimate of drug-likeness (QED) is 0.646. The lowest BCUT2D eigenvalue weighted by atomic mass is 10.3. The van der Waals surface area contributed by atoms with Gasteiger partial charge in [-0.3, -0.25) is 14.0 Å². The highest BCUT2D eigenvalue weighted by Gasteiger charge is 2.07. The number of Topliss-reactive ketones (excluding diaryl/α,β-unsaturated/α-hetero) is 1. The van der Waals surface area contributed by atoms with Gasteiger partial charge in [0.2, 0.25) is 0 Å². The number of ketones is 1. The first-order valence-electron chi connectivity index (χ1n) is 3.44. The van der Waals surface area contributed by atoms with E-state index in [-0.39, 0.29) is 11.5 Å². The molecule has 1 heterocycles. The molecule has 0 saturated heterocycles. The molecule has 1 rings (SSSR count). The van der Waals surface area contributed by atoms with Crippen molar-refractivity contribution < 1.29 is 9.00 Å². The van der Waals surface area contributed by atoms with Crippen LogP contribution >= 0.6 is 0 Å². The molecule has 0 spiro atoms. The maximum absolute atomic E-state index is 11.2. The molecular weight excluding hydrogens is 174 g/mol. The van der Waals surface area contributed by atoms with Crippen molar-refractivity contribution in [3.8, 4) is 0 Å². The molecule has 0 amide bonds. The van der Waals surface area contributed by atoms with E-state index in [4.69, 9.17) is 0 Å². The Morgan fingerprint density at radius 1 is 1.58 bits per heavy atom. The van der Waals surface area contributed by atoms with E-state index in [2.05, 4.69) is 4.98 Å². The van der Waals surface area contributed by atoms with Crippen LogP contribution in [0.5, 0.6) is 0 Å². The molecule has 4 heteroatoms. The van der Waals surface area contributed by atoms with Crippen LogP contribution in [-0.2, 0) is 10.8 Å². The van der Waals surface area contributed by atoms with Gasteiger partial charge in [-0.2, -0.15) is 0 Å². The molecular formula is C8H9NO2S. The van der Waals surface area contributed by atoms with Crippen LogP contribution in [-0.4, -0.2) is 27.0 Å². The van der Waals surface area contributed by atoms with Gasteiger partial charge in [-0.15, -0.1) is 0 Å². The Kier molecular flexibility index (Phi) is 3.10. The van der Waals surface area contributed by atoms with Gasteiger partial charge >= 0.3 is 0 Å². The zero-order valence-corrected chi connectivity index (χ0v) is 7.50. The Hall–Kier alpha value is -1.03. The first kappa shape index (κ1) is 9.06. The third-order valence-electron chi connectivity index (χ3n) is 1.28. The molecule has 1 atom stereocenters. The second-order valence-corrected chi connectivity index (χ2v) is 3.79. The topological polar surface area (TPSA) is 47.0 Å². The van der Waals surface area contributed by atoms with E-state index in [0.29, 0.717) is 5.69 Å². The van der Waals surface area contributed by atoms with Crippen molar-refractivity contribution in [1.29, 1.82) is 0 Å². The summed E-state index contributed by atoms with van der Waals surface area (Å²) in [5.74, 6) is -0.117. The lowest BCUT2D eigenvalue weighted by Crippen LogP contribution is -2.10. The molecule has 1 aromatic rings. The largest absolute Gasteiger partial charge is 0.291 e.